The number of anilines is 2. The quantitative estimate of drug-likeness (QED) is 0.539. The van der Waals surface area contributed by atoms with Crippen LogP contribution < -0.4 is 21.4 Å². The molecule has 166 valence electrons. The number of aromatic nitrogens is 1. The van der Waals surface area contributed by atoms with Gasteiger partial charge in [-0.1, -0.05) is 30.3 Å². The highest BCUT2D eigenvalue weighted by molar-refractivity contribution is 5.99. The van der Waals surface area contributed by atoms with Crippen LogP contribution in [-0.2, 0) is 0 Å². The Labute approximate surface area is 182 Å². The average Bonchev–Trinajstić information content (AvgIpc) is 3.63. The Morgan fingerprint density at radius 2 is 1.88 bits per heavy atom. The van der Waals surface area contributed by atoms with Gasteiger partial charge < -0.3 is 25.6 Å². The summed E-state index contributed by atoms with van der Waals surface area (Å²) in [5, 5.41) is 12.4. The van der Waals surface area contributed by atoms with Gasteiger partial charge in [0, 0.05) is 37.9 Å². The third-order valence-corrected chi connectivity index (χ3v) is 6.23. The van der Waals surface area contributed by atoms with Crippen LogP contribution in [-0.4, -0.2) is 35.3 Å². The van der Waals surface area contributed by atoms with Gasteiger partial charge in [-0.3, -0.25) is 4.79 Å². The summed E-state index contributed by atoms with van der Waals surface area (Å²) in [6, 6.07) is 9.31. The van der Waals surface area contributed by atoms with Crippen molar-refractivity contribution in [2.45, 2.75) is 24.9 Å². The number of pyridine rings is 1. The van der Waals surface area contributed by atoms with Crippen LogP contribution in [0.2, 0.25) is 0 Å². The summed E-state index contributed by atoms with van der Waals surface area (Å²) < 4.78 is 32.8. The first-order valence-electron chi connectivity index (χ1n) is 10.5. The van der Waals surface area contributed by atoms with Gasteiger partial charge in [0.25, 0.3) is 0 Å². The molecule has 0 bridgehead atoms. The second-order valence-electron chi connectivity index (χ2n) is 8.29. The van der Waals surface area contributed by atoms with E-state index < -0.39 is 39.7 Å². The third-order valence-electron chi connectivity index (χ3n) is 6.23. The Morgan fingerprint density at radius 3 is 2.53 bits per heavy atom. The molecule has 3 aromatic rings. The second kappa shape index (κ2) is 7.59. The van der Waals surface area contributed by atoms with Crippen LogP contribution in [0, 0.1) is 11.6 Å². The fourth-order valence-corrected chi connectivity index (χ4v) is 4.48. The number of halogens is 2. The molecule has 1 atom stereocenters. The number of fused-ring (bicyclic) bond motifs is 1. The van der Waals surface area contributed by atoms with Crippen molar-refractivity contribution in [3.05, 3.63) is 69.5 Å². The van der Waals surface area contributed by atoms with Gasteiger partial charge in [-0.05, 0) is 18.4 Å². The highest BCUT2D eigenvalue weighted by Gasteiger charge is 2.34. The van der Waals surface area contributed by atoms with Crippen molar-refractivity contribution in [3.8, 4) is 0 Å². The van der Waals surface area contributed by atoms with Crippen molar-refractivity contribution < 1.29 is 18.7 Å². The molecule has 1 aromatic heterocycles. The number of benzene rings is 2. The fraction of sp³-hybridized carbons (Fsp3) is 0.304. The molecule has 1 aliphatic carbocycles. The molecule has 1 saturated heterocycles. The Balaban J connectivity index is 1.69. The molecule has 9 heteroatoms. The van der Waals surface area contributed by atoms with E-state index in [1.807, 2.05) is 30.3 Å². The van der Waals surface area contributed by atoms with Gasteiger partial charge in [0.2, 0.25) is 5.43 Å². The SMILES string of the molecule is Nc1c(F)c(N2CCNC(c3ccccc3)C2)c(F)c2c1c(=O)c(C(=O)O)cn2C1CC1. The molecule has 4 N–H and O–H groups in total. The molecular formula is C23H22F2N4O3. The van der Waals surface area contributed by atoms with Crippen molar-refractivity contribution in [2.75, 3.05) is 30.3 Å². The molecule has 1 unspecified atom stereocenters. The first kappa shape index (κ1) is 20.4. The van der Waals surface area contributed by atoms with E-state index in [0.29, 0.717) is 32.5 Å². The summed E-state index contributed by atoms with van der Waals surface area (Å²) in [6.07, 6.45) is 2.58. The fourth-order valence-electron chi connectivity index (χ4n) is 4.48. The molecule has 2 fully saturated rings. The highest BCUT2D eigenvalue weighted by atomic mass is 19.1. The normalized spacial score (nSPS) is 18.8. The molecule has 2 heterocycles. The summed E-state index contributed by atoms with van der Waals surface area (Å²) in [4.78, 5) is 26.0. The predicted molar refractivity (Wildman–Crippen MR) is 117 cm³/mol. The third kappa shape index (κ3) is 3.20. The molecule has 2 aliphatic rings. The number of carbonyl (C=O) groups is 1. The minimum Gasteiger partial charge on any atom is -0.477 e. The summed E-state index contributed by atoms with van der Waals surface area (Å²) in [7, 11) is 0. The maximum Gasteiger partial charge on any atom is 0.341 e. The Morgan fingerprint density at radius 1 is 1.16 bits per heavy atom. The first-order chi connectivity index (χ1) is 15.4. The van der Waals surface area contributed by atoms with Gasteiger partial charge in [-0.25, -0.2) is 13.6 Å². The van der Waals surface area contributed by atoms with E-state index >= 15 is 8.78 Å². The number of nitrogens with two attached hydrogens (primary N) is 1. The van der Waals surface area contributed by atoms with E-state index in [1.54, 1.807) is 4.90 Å². The van der Waals surface area contributed by atoms with Crippen LogP contribution in [0.4, 0.5) is 20.2 Å². The van der Waals surface area contributed by atoms with Gasteiger partial charge in [0.05, 0.1) is 16.6 Å². The summed E-state index contributed by atoms with van der Waals surface area (Å²) in [5.41, 5.74) is 4.54. The van der Waals surface area contributed by atoms with Crippen molar-refractivity contribution in [2.24, 2.45) is 0 Å². The highest BCUT2D eigenvalue weighted by Crippen LogP contribution is 2.42. The monoisotopic (exact) mass is 440 g/mol. The predicted octanol–water partition coefficient (Wildman–Crippen LogP) is 3.05. The number of piperazine rings is 1. The number of aromatic carboxylic acids is 1. The van der Waals surface area contributed by atoms with Crippen LogP contribution in [0.1, 0.15) is 40.8 Å². The topological polar surface area (TPSA) is 101 Å². The number of hydrogen-bond donors (Lipinski definition) is 3. The number of carboxylic acid groups (broad SMARTS) is 1. The van der Waals surface area contributed by atoms with Crippen LogP contribution in [0.3, 0.4) is 0 Å². The van der Waals surface area contributed by atoms with Crippen molar-refractivity contribution >= 4 is 28.2 Å². The molecule has 1 aliphatic heterocycles. The zero-order valence-electron chi connectivity index (χ0n) is 17.1. The number of carboxylic acids is 1. The summed E-state index contributed by atoms with van der Waals surface area (Å²) in [6.45, 7) is 1.16. The molecular weight excluding hydrogens is 418 g/mol. The van der Waals surface area contributed by atoms with Crippen LogP contribution in [0.5, 0.6) is 0 Å². The van der Waals surface area contributed by atoms with Crippen LogP contribution >= 0.6 is 0 Å². The van der Waals surface area contributed by atoms with E-state index in [-0.39, 0.29) is 23.3 Å². The van der Waals surface area contributed by atoms with Gasteiger partial charge in [-0.2, -0.15) is 0 Å². The Bertz CT molecular complexity index is 1290. The van der Waals surface area contributed by atoms with Gasteiger partial charge in [0.1, 0.15) is 11.3 Å². The van der Waals surface area contributed by atoms with E-state index in [9.17, 15) is 14.7 Å². The maximum atomic E-state index is 15.9. The lowest BCUT2D eigenvalue weighted by atomic mass is 10.0. The minimum atomic E-state index is -1.46. The maximum absolute atomic E-state index is 15.9. The molecule has 5 rings (SSSR count). The lowest BCUT2D eigenvalue weighted by molar-refractivity contribution is 0.0695. The van der Waals surface area contributed by atoms with E-state index in [4.69, 9.17) is 5.73 Å². The smallest absolute Gasteiger partial charge is 0.341 e. The molecule has 1 saturated carbocycles. The van der Waals surface area contributed by atoms with E-state index in [2.05, 4.69) is 5.32 Å². The largest absolute Gasteiger partial charge is 0.477 e. The number of rotatable bonds is 4. The number of nitrogens with zero attached hydrogens (tertiary/aromatic N) is 2. The molecule has 2 aromatic carbocycles. The van der Waals surface area contributed by atoms with Crippen LogP contribution in [0.25, 0.3) is 10.9 Å². The molecule has 7 nitrogen and oxygen atoms in total. The number of nitrogens with one attached hydrogen (secondary N) is 1. The molecule has 0 radical (unpaired) electrons. The molecule has 0 spiro atoms. The second-order valence-corrected chi connectivity index (χ2v) is 8.29. The Hall–Kier alpha value is -3.46. The van der Waals surface area contributed by atoms with Crippen molar-refractivity contribution in [1.29, 1.82) is 0 Å². The van der Waals surface area contributed by atoms with Gasteiger partial charge in [-0.15, -0.1) is 0 Å². The lowest BCUT2D eigenvalue weighted by Gasteiger charge is -2.36. The first-order valence-corrected chi connectivity index (χ1v) is 10.5. The summed E-state index contributed by atoms with van der Waals surface area (Å²) in [5.74, 6) is -3.38. The number of nitrogen functional groups attached to an aromatic ring is 1. The van der Waals surface area contributed by atoms with Crippen LogP contribution in [0.15, 0.2) is 41.3 Å². The minimum absolute atomic E-state index is 0.133. The van der Waals surface area contributed by atoms with E-state index in [1.165, 1.54) is 4.57 Å². The van der Waals surface area contributed by atoms with E-state index in [0.717, 1.165) is 11.8 Å². The zero-order chi connectivity index (χ0) is 22.6. The average molecular weight is 440 g/mol. The van der Waals surface area contributed by atoms with Gasteiger partial charge >= 0.3 is 5.97 Å². The molecule has 0 amide bonds. The standard InChI is InChI=1S/C23H22F2N4O3/c24-17-19(26)16-20(29(13-6-7-13)10-14(22(16)30)23(31)32)18(25)21(17)28-9-8-27-15(11-28)12-4-2-1-3-5-12/h1-5,10,13,15,27H,6-9,11,26H2,(H,31,32). The molecule has 32 heavy (non-hydrogen) atoms. The number of hydrogen-bond acceptors (Lipinski definition) is 5. The lowest BCUT2D eigenvalue weighted by Crippen LogP contribution is -2.46. The Kier molecular flexibility index (Phi) is 4.85. The zero-order valence-corrected chi connectivity index (χ0v) is 17.1. The van der Waals surface area contributed by atoms with Crippen molar-refractivity contribution in [3.63, 3.8) is 0 Å². The van der Waals surface area contributed by atoms with Crippen molar-refractivity contribution in [1.82, 2.24) is 9.88 Å². The summed E-state index contributed by atoms with van der Waals surface area (Å²) >= 11 is 0. The van der Waals surface area contributed by atoms with Gasteiger partial charge in [0.15, 0.2) is 11.6 Å².